The number of rotatable bonds is 5. The molecule has 2 aromatic carbocycles. The largest absolute Gasteiger partial charge is 0.457 e. The average molecular weight is 343 g/mol. The molecule has 2 N–H and O–H groups in total. The van der Waals surface area contributed by atoms with Gasteiger partial charge in [0.2, 0.25) is 5.95 Å². The van der Waals surface area contributed by atoms with Crippen molar-refractivity contribution in [3.05, 3.63) is 63.9 Å². The average Bonchev–Trinajstić information content (AvgIpc) is 2.91. The molecule has 6 heteroatoms. The van der Waals surface area contributed by atoms with Crippen LogP contribution in [0.3, 0.4) is 0 Å². The van der Waals surface area contributed by atoms with Crippen LogP contribution in [0.2, 0.25) is 5.02 Å². The van der Waals surface area contributed by atoms with Gasteiger partial charge in [-0.15, -0.1) is 10.2 Å². The van der Waals surface area contributed by atoms with Crippen molar-refractivity contribution in [3.63, 3.8) is 0 Å². The van der Waals surface area contributed by atoms with Gasteiger partial charge in [0.1, 0.15) is 17.3 Å². The van der Waals surface area contributed by atoms with E-state index in [1.54, 1.807) is 0 Å². The fraction of sp³-hybridized carbons (Fsp3) is 0.222. The van der Waals surface area contributed by atoms with Crippen LogP contribution in [0.1, 0.15) is 22.5 Å². The summed E-state index contributed by atoms with van der Waals surface area (Å²) in [5, 5.41) is 11.7. The first-order valence-corrected chi connectivity index (χ1v) is 8.06. The van der Waals surface area contributed by atoms with Gasteiger partial charge in [-0.2, -0.15) is 0 Å². The fourth-order valence-corrected chi connectivity index (χ4v) is 2.76. The highest BCUT2D eigenvalue weighted by molar-refractivity contribution is 6.31. The van der Waals surface area contributed by atoms with Gasteiger partial charge in [0.15, 0.2) is 0 Å². The maximum absolute atomic E-state index is 6.36. The van der Waals surface area contributed by atoms with Crippen LogP contribution >= 0.6 is 11.6 Å². The molecule has 0 radical (unpaired) electrons. The van der Waals surface area contributed by atoms with Gasteiger partial charge in [-0.25, -0.2) is 0 Å². The molecule has 0 bridgehead atoms. The Morgan fingerprint density at radius 1 is 1.08 bits per heavy atom. The molecule has 0 fully saturated rings. The Kier molecular flexibility index (Phi) is 4.71. The van der Waals surface area contributed by atoms with Crippen molar-refractivity contribution < 1.29 is 4.74 Å². The predicted molar refractivity (Wildman–Crippen MR) is 95.9 cm³/mol. The predicted octanol–water partition coefficient (Wildman–Crippen LogP) is 4.79. The Morgan fingerprint density at radius 2 is 1.83 bits per heavy atom. The molecule has 1 heterocycles. The third-order valence-electron chi connectivity index (χ3n) is 3.53. The fourth-order valence-electron chi connectivity index (χ4n) is 2.52. The lowest BCUT2D eigenvalue weighted by Crippen LogP contribution is -2.04. The molecule has 124 valence electrons. The number of hydrogen-bond donors (Lipinski definition) is 2. The lowest BCUT2D eigenvalue weighted by Gasteiger charge is -2.14. The molecule has 0 amide bonds. The van der Waals surface area contributed by atoms with E-state index in [2.05, 4.69) is 26.6 Å². The number of nitrogens with zero attached hydrogens (tertiary/aromatic N) is 2. The number of anilines is 1. The number of benzene rings is 2. The summed E-state index contributed by atoms with van der Waals surface area (Å²) in [5.74, 6) is 2.87. The van der Waals surface area contributed by atoms with E-state index in [1.165, 1.54) is 0 Å². The molecular formula is C18H19ClN4O. The molecule has 0 atom stereocenters. The van der Waals surface area contributed by atoms with Crippen molar-refractivity contribution in [1.29, 1.82) is 0 Å². The Bertz CT molecular complexity index is 840. The maximum atomic E-state index is 6.36. The van der Waals surface area contributed by atoms with Crippen molar-refractivity contribution in [2.24, 2.45) is 0 Å². The number of H-pyrrole nitrogens is 1. The number of hydrogen-bond acceptors (Lipinski definition) is 4. The lowest BCUT2D eigenvalue weighted by atomic mass is 10.1. The highest BCUT2D eigenvalue weighted by Crippen LogP contribution is 2.31. The zero-order valence-corrected chi connectivity index (χ0v) is 14.6. The van der Waals surface area contributed by atoms with Crippen LogP contribution < -0.4 is 10.1 Å². The number of ether oxygens (including phenoxy) is 1. The molecule has 1 aromatic heterocycles. The standard InChI is InChI=1S/C18H19ClN4O/c1-11-7-12(2)9-14(8-11)24-17-6-4-5-16(19)15(17)10-20-18-21-13(3)22-23-18/h4-9H,10H2,1-3H3,(H2,20,21,22,23). The van der Waals surface area contributed by atoms with Gasteiger partial charge in [0, 0.05) is 17.1 Å². The summed E-state index contributed by atoms with van der Waals surface area (Å²) < 4.78 is 6.07. The van der Waals surface area contributed by atoms with Crippen LogP contribution in [0, 0.1) is 20.8 Å². The van der Waals surface area contributed by atoms with E-state index in [0.717, 1.165) is 34.0 Å². The molecule has 0 aliphatic carbocycles. The van der Waals surface area contributed by atoms with Crippen LogP contribution in [-0.2, 0) is 6.54 Å². The highest BCUT2D eigenvalue weighted by atomic mass is 35.5. The molecule has 0 aliphatic heterocycles. The summed E-state index contributed by atoms with van der Waals surface area (Å²) in [5.41, 5.74) is 3.18. The van der Waals surface area contributed by atoms with E-state index in [4.69, 9.17) is 16.3 Å². The number of aromatic nitrogens is 3. The van der Waals surface area contributed by atoms with Crippen LogP contribution in [-0.4, -0.2) is 15.2 Å². The van der Waals surface area contributed by atoms with Gasteiger partial charge in [0.05, 0.1) is 0 Å². The van der Waals surface area contributed by atoms with Gasteiger partial charge in [-0.1, -0.05) is 23.7 Å². The minimum Gasteiger partial charge on any atom is -0.457 e. The molecule has 5 nitrogen and oxygen atoms in total. The van der Waals surface area contributed by atoms with Crippen LogP contribution in [0.5, 0.6) is 11.5 Å². The molecule has 3 aromatic rings. The molecule has 0 unspecified atom stereocenters. The minimum absolute atomic E-state index is 0.481. The van der Waals surface area contributed by atoms with Gasteiger partial charge in [-0.3, -0.25) is 0 Å². The molecule has 0 saturated carbocycles. The van der Waals surface area contributed by atoms with Crippen molar-refractivity contribution in [3.8, 4) is 11.5 Å². The lowest BCUT2D eigenvalue weighted by molar-refractivity contribution is 0.476. The summed E-state index contributed by atoms with van der Waals surface area (Å²) in [6.45, 7) is 6.43. The molecule has 0 saturated heterocycles. The summed E-state index contributed by atoms with van der Waals surface area (Å²) in [4.78, 5) is 3.03. The summed E-state index contributed by atoms with van der Waals surface area (Å²) in [6.07, 6.45) is 0. The van der Waals surface area contributed by atoms with Gasteiger partial charge < -0.3 is 15.0 Å². The van der Waals surface area contributed by atoms with Gasteiger partial charge in [-0.05, 0) is 56.2 Å². The van der Waals surface area contributed by atoms with Gasteiger partial charge in [0.25, 0.3) is 0 Å². The Labute approximate surface area is 146 Å². The maximum Gasteiger partial charge on any atom is 0.222 e. The summed E-state index contributed by atoms with van der Waals surface area (Å²) in [7, 11) is 0. The van der Waals surface area contributed by atoms with E-state index in [-0.39, 0.29) is 0 Å². The molecule has 3 rings (SSSR count). The highest BCUT2D eigenvalue weighted by Gasteiger charge is 2.11. The Balaban J connectivity index is 1.83. The van der Waals surface area contributed by atoms with Crippen LogP contribution in [0.25, 0.3) is 0 Å². The van der Waals surface area contributed by atoms with E-state index in [9.17, 15) is 0 Å². The zero-order valence-electron chi connectivity index (χ0n) is 13.9. The van der Waals surface area contributed by atoms with E-state index < -0.39 is 0 Å². The SMILES string of the molecule is Cc1cc(C)cc(Oc2cccc(Cl)c2CNc2nnc(C)[nH]2)c1. The minimum atomic E-state index is 0.481. The number of halogens is 1. The molecule has 24 heavy (non-hydrogen) atoms. The number of nitrogens with one attached hydrogen (secondary N) is 2. The first kappa shape index (κ1) is 16.3. The Hall–Kier alpha value is -2.53. The quantitative estimate of drug-likeness (QED) is 0.700. The van der Waals surface area contributed by atoms with Crippen LogP contribution in [0.15, 0.2) is 36.4 Å². The molecule has 0 spiro atoms. The van der Waals surface area contributed by atoms with E-state index in [1.807, 2.05) is 51.1 Å². The van der Waals surface area contributed by atoms with E-state index >= 15 is 0 Å². The third-order valence-corrected chi connectivity index (χ3v) is 3.88. The smallest absolute Gasteiger partial charge is 0.222 e. The third kappa shape index (κ3) is 3.86. The number of aromatic amines is 1. The second kappa shape index (κ2) is 6.93. The Morgan fingerprint density at radius 3 is 2.50 bits per heavy atom. The monoisotopic (exact) mass is 342 g/mol. The van der Waals surface area contributed by atoms with E-state index in [0.29, 0.717) is 17.5 Å². The van der Waals surface area contributed by atoms with Gasteiger partial charge >= 0.3 is 0 Å². The zero-order chi connectivity index (χ0) is 17.1. The van der Waals surface area contributed by atoms with Crippen molar-refractivity contribution >= 4 is 17.5 Å². The molecular weight excluding hydrogens is 324 g/mol. The first-order valence-electron chi connectivity index (χ1n) is 7.68. The summed E-state index contributed by atoms with van der Waals surface area (Å²) in [6, 6.07) is 11.8. The van der Waals surface area contributed by atoms with Crippen LogP contribution in [0.4, 0.5) is 5.95 Å². The normalized spacial score (nSPS) is 10.7. The van der Waals surface area contributed by atoms with Crippen molar-refractivity contribution in [1.82, 2.24) is 15.2 Å². The second-order valence-electron chi connectivity index (χ2n) is 5.75. The first-order chi connectivity index (χ1) is 11.5. The second-order valence-corrected chi connectivity index (χ2v) is 6.16. The number of aryl methyl sites for hydroxylation is 3. The molecule has 0 aliphatic rings. The van der Waals surface area contributed by atoms with Crippen molar-refractivity contribution in [2.75, 3.05) is 5.32 Å². The summed E-state index contributed by atoms with van der Waals surface area (Å²) >= 11 is 6.36. The topological polar surface area (TPSA) is 62.8 Å². The van der Waals surface area contributed by atoms with Crippen molar-refractivity contribution in [2.45, 2.75) is 27.3 Å².